The van der Waals surface area contributed by atoms with Crippen molar-refractivity contribution in [2.75, 3.05) is 6.61 Å². The molecule has 1 unspecified atom stereocenters. The fraction of sp³-hybridized carbons (Fsp3) is 0.400. The Hall–Kier alpha value is -1.88. The molecule has 0 aliphatic heterocycles. The molecule has 0 spiro atoms. The summed E-state index contributed by atoms with van der Waals surface area (Å²) < 4.78 is 10.5. The first-order valence-electron chi connectivity index (χ1n) is 6.54. The molecule has 1 N–H and O–H groups in total. The van der Waals surface area contributed by atoms with Gasteiger partial charge in [-0.1, -0.05) is 26.3 Å². The van der Waals surface area contributed by atoms with Gasteiger partial charge in [0.25, 0.3) is 0 Å². The third-order valence-electron chi connectivity index (χ3n) is 2.62. The van der Waals surface area contributed by atoms with E-state index in [1.807, 2.05) is 6.92 Å². The van der Waals surface area contributed by atoms with E-state index in [-0.39, 0.29) is 11.1 Å². The highest BCUT2D eigenvalue weighted by Gasteiger charge is 2.16. The van der Waals surface area contributed by atoms with Crippen LogP contribution in [0.3, 0.4) is 0 Å². The van der Waals surface area contributed by atoms with E-state index in [1.165, 1.54) is 24.3 Å². The average Bonchev–Trinajstić information content (AvgIpc) is 2.46. The van der Waals surface area contributed by atoms with Crippen molar-refractivity contribution < 1.29 is 24.2 Å². The third-order valence-corrected chi connectivity index (χ3v) is 2.62. The zero-order valence-electron chi connectivity index (χ0n) is 11.7. The van der Waals surface area contributed by atoms with Crippen molar-refractivity contribution in [2.45, 2.75) is 33.0 Å². The summed E-state index contributed by atoms with van der Waals surface area (Å²) in [6.45, 7) is 4.28. The van der Waals surface area contributed by atoms with Gasteiger partial charge in [-0.05, 0) is 24.6 Å². The van der Waals surface area contributed by atoms with Crippen LogP contribution in [0.5, 0.6) is 0 Å². The molecule has 5 heteroatoms. The lowest BCUT2D eigenvalue weighted by Gasteiger charge is -2.16. The number of rotatable bonds is 8. The highest BCUT2D eigenvalue weighted by atomic mass is 16.7. The maximum absolute atomic E-state index is 11.9. The van der Waals surface area contributed by atoms with Gasteiger partial charge in [-0.15, -0.1) is 0 Å². The lowest BCUT2D eigenvalue weighted by Crippen LogP contribution is -2.22. The van der Waals surface area contributed by atoms with Gasteiger partial charge < -0.3 is 14.6 Å². The van der Waals surface area contributed by atoms with Crippen LogP contribution < -0.4 is 0 Å². The summed E-state index contributed by atoms with van der Waals surface area (Å²) in [6, 6.07) is 5.71. The van der Waals surface area contributed by atoms with Gasteiger partial charge in [0.2, 0.25) is 6.29 Å². The normalized spacial score (nSPS) is 11.9. The molecular formula is C15H19O5. The first-order chi connectivity index (χ1) is 9.58. The number of carbonyl (C=O) groups excluding carboxylic acids is 1. The third kappa shape index (κ3) is 5.01. The molecular weight excluding hydrogens is 260 g/mol. The Bertz CT molecular complexity index is 455. The molecule has 0 aromatic heterocycles. The second-order valence-corrected chi connectivity index (χ2v) is 4.22. The van der Waals surface area contributed by atoms with Crippen LogP contribution in [0.2, 0.25) is 0 Å². The van der Waals surface area contributed by atoms with Gasteiger partial charge >= 0.3 is 11.9 Å². The molecule has 0 bridgehead atoms. The molecule has 1 rings (SSSR count). The second kappa shape index (κ2) is 8.32. The fourth-order valence-corrected chi connectivity index (χ4v) is 1.49. The lowest BCUT2D eigenvalue weighted by atomic mass is 10.1. The summed E-state index contributed by atoms with van der Waals surface area (Å²) >= 11 is 0. The Morgan fingerprint density at radius 1 is 1.35 bits per heavy atom. The lowest BCUT2D eigenvalue weighted by molar-refractivity contribution is -0.0899. The monoisotopic (exact) mass is 279 g/mol. The van der Waals surface area contributed by atoms with Crippen LogP contribution in [-0.4, -0.2) is 29.9 Å². The van der Waals surface area contributed by atoms with E-state index in [1.54, 1.807) is 13.3 Å². The summed E-state index contributed by atoms with van der Waals surface area (Å²) in [4.78, 5) is 22.8. The molecule has 1 aromatic rings. The minimum absolute atomic E-state index is 0.0448. The highest BCUT2D eigenvalue weighted by molar-refractivity contribution is 5.94. The van der Waals surface area contributed by atoms with E-state index in [4.69, 9.17) is 14.6 Å². The standard InChI is InChI=1S/C15H19O5/c1-3-5-9-19-13(4-2)20-15(18)12-8-6-7-11(10-12)14(16)17/h4,6-8,10,13H,3,5,9H2,1-2H3,(H,16,17). The molecule has 0 aliphatic carbocycles. The van der Waals surface area contributed by atoms with Crippen molar-refractivity contribution in [3.63, 3.8) is 0 Å². The average molecular weight is 279 g/mol. The zero-order chi connectivity index (χ0) is 15.0. The number of unbranched alkanes of at least 4 members (excludes halogenated alkanes) is 1. The van der Waals surface area contributed by atoms with Crippen molar-refractivity contribution in [2.24, 2.45) is 0 Å². The number of hydrogen-bond acceptors (Lipinski definition) is 4. The fourth-order valence-electron chi connectivity index (χ4n) is 1.49. The van der Waals surface area contributed by atoms with Gasteiger partial charge in [0.05, 0.1) is 17.7 Å². The first-order valence-corrected chi connectivity index (χ1v) is 6.54. The van der Waals surface area contributed by atoms with Gasteiger partial charge in [0.15, 0.2) is 0 Å². The van der Waals surface area contributed by atoms with E-state index >= 15 is 0 Å². The van der Waals surface area contributed by atoms with Gasteiger partial charge in [0, 0.05) is 6.42 Å². The number of ether oxygens (including phenoxy) is 2. The highest BCUT2D eigenvalue weighted by Crippen LogP contribution is 2.10. The maximum atomic E-state index is 11.9. The minimum atomic E-state index is -1.09. The molecule has 1 atom stereocenters. The Balaban J connectivity index is 2.64. The van der Waals surface area contributed by atoms with Crippen molar-refractivity contribution in [1.82, 2.24) is 0 Å². The van der Waals surface area contributed by atoms with Crippen molar-refractivity contribution in [1.29, 1.82) is 0 Å². The molecule has 1 aromatic carbocycles. The molecule has 0 heterocycles. The van der Waals surface area contributed by atoms with E-state index in [2.05, 4.69) is 0 Å². The SMILES string of the molecule is C[CH]C(OCCCC)OC(=O)c1cccc(C(=O)O)c1. The molecule has 0 amide bonds. The van der Waals surface area contributed by atoms with Crippen LogP contribution >= 0.6 is 0 Å². The predicted octanol–water partition coefficient (Wildman–Crippen LogP) is 2.91. The quantitative estimate of drug-likeness (QED) is 0.450. The maximum Gasteiger partial charge on any atom is 0.340 e. The van der Waals surface area contributed by atoms with Crippen molar-refractivity contribution >= 4 is 11.9 Å². The number of carboxylic acids is 1. The molecule has 0 saturated heterocycles. The van der Waals surface area contributed by atoms with Crippen LogP contribution in [0.25, 0.3) is 0 Å². The molecule has 1 radical (unpaired) electrons. The number of aromatic carboxylic acids is 1. The largest absolute Gasteiger partial charge is 0.478 e. The number of hydrogen-bond donors (Lipinski definition) is 1. The summed E-state index contributed by atoms with van der Waals surface area (Å²) in [6.07, 6.45) is 2.79. The van der Waals surface area contributed by atoms with Crippen molar-refractivity contribution in [3.8, 4) is 0 Å². The van der Waals surface area contributed by atoms with Crippen LogP contribution in [0, 0.1) is 6.42 Å². The zero-order valence-corrected chi connectivity index (χ0v) is 11.7. The van der Waals surface area contributed by atoms with Crippen LogP contribution in [0.1, 0.15) is 47.4 Å². The smallest absolute Gasteiger partial charge is 0.340 e. The molecule has 0 fully saturated rings. The van der Waals surface area contributed by atoms with Gasteiger partial charge in [-0.25, -0.2) is 9.59 Å². The number of benzene rings is 1. The summed E-state index contributed by atoms with van der Waals surface area (Å²) in [5.41, 5.74) is 0.235. The summed E-state index contributed by atoms with van der Waals surface area (Å²) in [5, 5.41) is 8.88. The van der Waals surface area contributed by atoms with Gasteiger partial charge in [0.1, 0.15) is 0 Å². The van der Waals surface area contributed by atoms with Crippen LogP contribution in [0.4, 0.5) is 0 Å². The van der Waals surface area contributed by atoms with Crippen molar-refractivity contribution in [3.05, 3.63) is 41.8 Å². The predicted molar refractivity (Wildman–Crippen MR) is 73.4 cm³/mol. The van der Waals surface area contributed by atoms with Gasteiger partial charge in [-0.2, -0.15) is 0 Å². The molecule has 20 heavy (non-hydrogen) atoms. The Kier molecular flexibility index (Phi) is 6.73. The first kappa shape index (κ1) is 16.2. The van der Waals surface area contributed by atoms with E-state index < -0.39 is 18.2 Å². The Labute approximate surface area is 118 Å². The number of carboxylic acid groups (broad SMARTS) is 1. The Morgan fingerprint density at radius 3 is 2.65 bits per heavy atom. The van der Waals surface area contributed by atoms with E-state index in [0.717, 1.165) is 12.8 Å². The molecule has 0 aliphatic rings. The summed E-state index contributed by atoms with van der Waals surface area (Å²) in [7, 11) is 0. The second-order valence-electron chi connectivity index (χ2n) is 4.22. The van der Waals surface area contributed by atoms with Crippen LogP contribution in [-0.2, 0) is 9.47 Å². The molecule has 109 valence electrons. The molecule has 0 saturated carbocycles. The molecule has 5 nitrogen and oxygen atoms in total. The number of carbonyl (C=O) groups is 2. The minimum Gasteiger partial charge on any atom is -0.478 e. The summed E-state index contributed by atoms with van der Waals surface area (Å²) in [5.74, 6) is -1.69. The van der Waals surface area contributed by atoms with Gasteiger partial charge in [-0.3, -0.25) is 0 Å². The van der Waals surface area contributed by atoms with Crippen LogP contribution in [0.15, 0.2) is 24.3 Å². The van der Waals surface area contributed by atoms with E-state index in [0.29, 0.717) is 6.61 Å². The Morgan fingerprint density at radius 2 is 2.05 bits per heavy atom. The number of esters is 1. The topological polar surface area (TPSA) is 72.8 Å². The van der Waals surface area contributed by atoms with E-state index in [9.17, 15) is 9.59 Å².